The van der Waals surface area contributed by atoms with E-state index in [0.717, 1.165) is 39.1 Å². The second-order valence-electron chi connectivity index (χ2n) is 4.85. The summed E-state index contributed by atoms with van der Waals surface area (Å²) in [6.07, 6.45) is 2.06. The van der Waals surface area contributed by atoms with E-state index in [0.29, 0.717) is 5.56 Å². The summed E-state index contributed by atoms with van der Waals surface area (Å²) in [5.74, 6) is -0.292. The van der Waals surface area contributed by atoms with Crippen LogP contribution in [0.5, 0.6) is 0 Å². The van der Waals surface area contributed by atoms with Gasteiger partial charge in [0.05, 0.1) is 18.3 Å². The number of hydroxylamine groups is 2. The van der Waals surface area contributed by atoms with Gasteiger partial charge < -0.3 is 14.9 Å². The van der Waals surface area contributed by atoms with E-state index in [4.69, 9.17) is 9.57 Å². The molecule has 1 heterocycles. The highest BCUT2D eigenvalue weighted by Crippen LogP contribution is 2.15. The fourth-order valence-corrected chi connectivity index (χ4v) is 2.16. The van der Waals surface area contributed by atoms with E-state index in [1.807, 2.05) is 25.2 Å². The molecule has 5 heteroatoms. The predicted octanol–water partition coefficient (Wildman–Crippen LogP) is 1.46. The number of rotatable bonds is 6. The number of hydrogen-bond donors (Lipinski definition) is 1. The monoisotopic (exact) mass is 278 g/mol. The summed E-state index contributed by atoms with van der Waals surface area (Å²) in [4.78, 5) is 17.3. The van der Waals surface area contributed by atoms with Crippen molar-refractivity contribution in [3.05, 3.63) is 35.9 Å². The van der Waals surface area contributed by atoms with Gasteiger partial charge in [0.1, 0.15) is 0 Å². The Morgan fingerprint density at radius 1 is 1.30 bits per heavy atom. The fraction of sp³-hybridized carbons (Fsp3) is 0.533. The first kappa shape index (κ1) is 15.0. The van der Waals surface area contributed by atoms with Crippen molar-refractivity contribution < 1.29 is 14.4 Å². The Hall–Kier alpha value is -1.43. The Labute approximate surface area is 119 Å². The first-order valence-electron chi connectivity index (χ1n) is 7.08. The van der Waals surface area contributed by atoms with E-state index in [1.54, 1.807) is 17.2 Å². The van der Waals surface area contributed by atoms with Crippen LogP contribution in [0.4, 0.5) is 0 Å². The average Bonchev–Trinajstić information content (AvgIpc) is 2.50. The summed E-state index contributed by atoms with van der Waals surface area (Å²) < 4.78 is 5.73. The van der Waals surface area contributed by atoms with Gasteiger partial charge in [0.15, 0.2) is 0 Å². The second kappa shape index (κ2) is 7.99. The molecule has 0 aliphatic carbocycles. The standard InChI is InChI=1S/C15H22N2O3/c1-16-9-12-19-14-7-10-17(11-8-14)20-15(18)13-5-3-2-4-6-13/h2-6,14,16H,7-12H2,1H3. The highest BCUT2D eigenvalue weighted by atomic mass is 16.7. The molecule has 0 bridgehead atoms. The van der Waals surface area contributed by atoms with Crippen LogP contribution in [0, 0.1) is 0 Å². The molecule has 1 saturated heterocycles. The van der Waals surface area contributed by atoms with Crippen molar-refractivity contribution in [1.82, 2.24) is 10.4 Å². The average molecular weight is 278 g/mol. The molecule has 5 nitrogen and oxygen atoms in total. The number of carbonyl (C=O) groups excluding carboxylic acids is 1. The van der Waals surface area contributed by atoms with Gasteiger partial charge in [-0.25, -0.2) is 4.79 Å². The summed E-state index contributed by atoms with van der Waals surface area (Å²) in [6.45, 7) is 3.04. The van der Waals surface area contributed by atoms with E-state index in [2.05, 4.69) is 5.32 Å². The lowest BCUT2D eigenvalue weighted by atomic mass is 10.1. The molecule has 0 aromatic heterocycles. The van der Waals surface area contributed by atoms with E-state index in [-0.39, 0.29) is 12.1 Å². The molecule has 1 aromatic carbocycles. The van der Waals surface area contributed by atoms with Gasteiger partial charge in [-0.2, -0.15) is 0 Å². The van der Waals surface area contributed by atoms with Crippen molar-refractivity contribution in [2.45, 2.75) is 18.9 Å². The molecule has 0 unspecified atom stereocenters. The zero-order chi connectivity index (χ0) is 14.2. The molecule has 20 heavy (non-hydrogen) atoms. The van der Waals surface area contributed by atoms with E-state index in [1.165, 1.54) is 0 Å². The normalized spacial score (nSPS) is 17.1. The quantitative estimate of drug-likeness (QED) is 0.798. The molecule has 2 rings (SSSR count). The number of nitrogens with zero attached hydrogens (tertiary/aromatic N) is 1. The summed E-state index contributed by atoms with van der Waals surface area (Å²) in [5, 5.41) is 4.78. The number of carbonyl (C=O) groups is 1. The topological polar surface area (TPSA) is 50.8 Å². The van der Waals surface area contributed by atoms with Gasteiger partial charge in [-0.3, -0.25) is 0 Å². The zero-order valence-electron chi connectivity index (χ0n) is 11.9. The van der Waals surface area contributed by atoms with Gasteiger partial charge in [-0.15, -0.1) is 5.06 Å². The van der Waals surface area contributed by atoms with E-state index in [9.17, 15) is 4.79 Å². The molecule has 0 amide bonds. The maximum atomic E-state index is 11.9. The highest BCUT2D eigenvalue weighted by molar-refractivity contribution is 5.89. The first-order valence-corrected chi connectivity index (χ1v) is 7.08. The lowest BCUT2D eigenvalue weighted by molar-refractivity contribution is -0.139. The number of piperidine rings is 1. The Morgan fingerprint density at radius 3 is 2.65 bits per heavy atom. The Bertz CT molecular complexity index is 403. The predicted molar refractivity (Wildman–Crippen MR) is 76.3 cm³/mol. The molecular weight excluding hydrogens is 256 g/mol. The number of hydrogen-bond acceptors (Lipinski definition) is 5. The minimum absolute atomic E-state index is 0.273. The SMILES string of the molecule is CNCCOC1CCN(OC(=O)c2ccccc2)CC1. The molecule has 110 valence electrons. The van der Waals surface area contributed by atoms with Crippen LogP contribution in [-0.2, 0) is 9.57 Å². The molecule has 1 aliphatic rings. The van der Waals surface area contributed by atoms with Gasteiger partial charge >= 0.3 is 5.97 Å². The van der Waals surface area contributed by atoms with Gasteiger partial charge in [0, 0.05) is 19.6 Å². The van der Waals surface area contributed by atoms with Crippen molar-refractivity contribution in [2.24, 2.45) is 0 Å². The third kappa shape index (κ3) is 4.59. The van der Waals surface area contributed by atoms with Crippen molar-refractivity contribution in [2.75, 3.05) is 33.3 Å². The first-order chi connectivity index (χ1) is 9.79. The van der Waals surface area contributed by atoms with Crippen LogP contribution < -0.4 is 5.32 Å². The molecule has 1 N–H and O–H groups in total. The maximum Gasteiger partial charge on any atom is 0.357 e. The summed E-state index contributed by atoms with van der Waals surface area (Å²) in [6, 6.07) is 9.06. The van der Waals surface area contributed by atoms with Gasteiger partial charge in [-0.05, 0) is 32.0 Å². The third-order valence-corrected chi connectivity index (χ3v) is 3.33. The highest BCUT2D eigenvalue weighted by Gasteiger charge is 2.22. The number of nitrogens with one attached hydrogen (secondary N) is 1. The van der Waals surface area contributed by atoms with Gasteiger partial charge in [-0.1, -0.05) is 18.2 Å². The Balaban J connectivity index is 1.70. The molecule has 0 saturated carbocycles. The van der Waals surface area contributed by atoms with Crippen LogP contribution in [0.15, 0.2) is 30.3 Å². The van der Waals surface area contributed by atoms with E-state index >= 15 is 0 Å². The van der Waals surface area contributed by atoms with Gasteiger partial charge in [0.2, 0.25) is 0 Å². The van der Waals surface area contributed by atoms with Crippen LogP contribution in [0.25, 0.3) is 0 Å². The van der Waals surface area contributed by atoms with Crippen molar-refractivity contribution in [3.8, 4) is 0 Å². The summed E-state index contributed by atoms with van der Waals surface area (Å²) in [7, 11) is 1.91. The van der Waals surface area contributed by atoms with Crippen LogP contribution in [0.2, 0.25) is 0 Å². The van der Waals surface area contributed by atoms with Crippen molar-refractivity contribution >= 4 is 5.97 Å². The summed E-state index contributed by atoms with van der Waals surface area (Å²) >= 11 is 0. The minimum atomic E-state index is -0.292. The summed E-state index contributed by atoms with van der Waals surface area (Å²) in [5.41, 5.74) is 0.583. The van der Waals surface area contributed by atoms with Crippen LogP contribution in [0.3, 0.4) is 0 Å². The lowest BCUT2D eigenvalue weighted by Gasteiger charge is -2.30. The molecule has 0 radical (unpaired) electrons. The smallest absolute Gasteiger partial charge is 0.357 e. The van der Waals surface area contributed by atoms with E-state index < -0.39 is 0 Å². The number of ether oxygens (including phenoxy) is 1. The van der Waals surface area contributed by atoms with Crippen LogP contribution in [-0.4, -0.2) is 50.4 Å². The molecule has 1 fully saturated rings. The zero-order valence-corrected chi connectivity index (χ0v) is 11.9. The van der Waals surface area contributed by atoms with Crippen molar-refractivity contribution in [1.29, 1.82) is 0 Å². The number of benzene rings is 1. The Morgan fingerprint density at radius 2 is 2.00 bits per heavy atom. The van der Waals surface area contributed by atoms with Crippen LogP contribution in [0.1, 0.15) is 23.2 Å². The molecule has 1 aromatic rings. The Kier molecular flexibility index (Phi) is 5.98. The molecule has 0 atom stereocenters. The maximum absolute atomic E-state index is 11.9. The largest absolute Gasteiger partial charge is 0.377 e. The molecule has 0 spiro atoms. The molecule has 1 aliphatic heterocycles. The third-order valence-electron chi connectivity index (χ3n) is 3.33. The minimum Gasteiger partial charge on any atom is -0.377 e. The van der Waals surface area contributed by atoms with Crippen LogP contribution >= 0.6 is 0 Å². The number of likely N-dealkylation sites (N-methyl/N-ethyl adjacent to an activating group) is 1. The molecular formula is C15H22N2O3. The van der Waals surface area contributed by atoms with Gasteiger partial charge in [0.25, 0.3) is 0 Å². The fourth-order valence-electron chi connectivity index (χ4n) is 2.16. The van der Waals surface area contributed by atoms with Crippen molar-refractivity contribution in [3.63, 3.8) is 0 Å². The lowest BCUT2D eigenvalue weighted by Crippen LogP contribution is -2.39. The second-order valence-corrected chi connectivity index (χ2v) is 4.85.